The highest BCUT2D eigenvalue weighted by Crippen LogP contribution is 2.33. The lowest BCUT2D eigenvalue weighted by atomic mass is 10.0. The number of rotatable bonds is 0. The van der Waals surface area contributed by atoms with Crippen molar-refractivity contribution >= 4 is 18.3 Å². The molecule has 1 aromatic carbocycles. The molecule has 0 aliphatic carbocycles. The minimum Gasteiger partial charge on any atom is -0.385 e. The molecular weight excluding hydrogens is 154 g/mol. The fraction of sp³-hybridized carbons (Fsp3) is 0.333. The molecule has 0 fully saturated rings. The molecule has 0 amide bonds. The molecule has 1 aromatic rings. The van der Waals surface area contributed by atoms with Crippen molar-refractivity contribution in [3.05, 3.63) is 29.8 Å². The van der Waals surface area contributed by atoms with E-state index in [1.54, 1.807) is 0 Å². The standard InChI is InChI=1S/C9H11NS/c11-9-5-6-10-8-4-2-1-3-7(8)9/h1-4,9-11H,5-6H2. The Bertz CT molecular complexity index is 259. The molecular formula is C9H11NS. The minimum atomic E-state index is 0.424. The van der Waals surface area contributed by atoms with Crippen LogP contribution < -0.4 is 5.32 Å². The van der Waals surface area contributed by atoms with Gasteiger partial charge in [-0.1, -0.05) is 18.2 Å². The molecule has 58 valence electrons. The molecule has 1 nitrogen and oxygen atoms in total. The first-order valence-electron chi connectivity index (χ1n) is 3.89. The van der Waals surface area contributed by atoms with Gasteiger partial charge in [-0.3, -0.25) is 0 Å². The van der Waals surface area contributed by atoms with E-state index < -0.39 is 0 Å². The van der Waals surface area contributed by atoms with Gasteiger partial charge in [-0.15, -0.1) is 0 Å². The van der Waals surface area contributed by atoms with Crippen LogP contribution in [-0.2, 0) is 0 Å². The second-order valence-electron chi connectivity index (χ2n) is 2.82. The van der Waals surface area contributed by atoms with Crippen molar-refractivity contribution in [1.29, 1.82) is 0 Å². The molecule has 11 heavy (non-hydrogen) atoms. The molecule has 1 aliphatic rings. The quantitative estimate of drug-likeness (QED) is 0.563. The van der Waals surface area contributed by atoms with E-state index >= 15 is 0 Å². The molecule has 1 unspecified atom stereocenters. The highest BCUT2D eigenvalue weighted by molar-refractivity contribution is 7.80. The summed E-state index contributed by atoms with van der Waals surface area (Å²) in [6.45, 7) is 1.05. The Morgan fingerprint density at radius 1 is 1.36 bits per heavy atom. The van der Waals surface area contributed by atoms with Gasteiger partial charge in [-0.25, -0.2) is 0 Å². The maximum Gasteiger partial charge on any atom is 0.0384 e. The lowest BCUT2D eigenvalue weighted by Crippen LogP contribution is -2.13. The summed E-state index contributed by atoms with van der Waals surface area (Å²) >= 11 is 4.50. The van der Waals surface area contributed by atoms with Crippen LogP contribution >= 0.6 is 12.6 Å². The molecule has 0 saturated carbocycles. The number of anilines is 1. The Balaban J connectivity index is 2.44. The van der Waals surface area contributed by atoms with Gasteiger partial charge in [0.05, 0.1) is 0 Å². The Morgan fingerprint density at radius 3 is 3.00 bits per heavy atom. The van der Waals surface area contributed by atoms with Gasteiger partial charge in [0, 0.05) is 17.5 Å². The summed E-state index contributed by atoms with van der Waals surface area (Å²) < 4.78 is 0. The molecule has 1 atom stereocenters. The Kier molecular flexibility index (Phi) is 1.78. The number of thiol groups is 1. The van der Waals surface area contributed by atoms with Crippen molar-refractivity contribution in [3.63, 3.8) is 0 Å². The van der Waals surface area contributed by atoms with Crippen LogP contribution in [0.5, 0.6) is 0 Å². The Labute approximate surface area is 72.2 Å². The van der Waals surface area contributed by atoms with E-state index in [9.17, 15) is 0 Å². The van der Waals surface area contributed by atoms with Gasteiger partial charge in [-0.05, 0) is 18.1 Å². The molecule has 1 aliphatic heterocycles. The predicted molar refractivity (Wildman–Crippen MR) is 51.3 cm³/mol. The highest BCUT2D eigenvalue weighted by Gasteiger charge is 2.14. The van der Waals surface area contributed by atoms with E-state index in [-0.39, 0.29) is 0 Å². The van der Waals surface area contributed by atoms with E-state index in [0.717, 1.165) is 13.0 Å². The van der Waals surface area contributed by atoms with Crippen LogP contribution in [0, 0.1) is 0 Å². The van der Waals surface area contributed by atoms with E-state index in [1.165, 1.54) is 11.3 Å². The van der Waals surface area contributed by atoms with Crippen molar-refractivity contribution in [2.45, 2.75) is 11.7 Å². The second-order valence-corrected chi connectivity index (χ2v) is 3.44. The number of fused-ring (bicyclic) bond motifs is 1. The SMILES string of the molecule is SC1CCNc2ccccc21. The number of para-hydroxylation sites is 1. The third-order valence-electron chi connectivity index (χ3n) is 2.05. The summed E-state index contributed by atoms with van der Waals surface area (Å²) in [6, 6.07) is 8.36. The number of hydrogen-bond acceptors (Lipinski definition) is 2. The maximum atomic E-state index is 4.50. The Hall–Kier alpha value is -0.630. The zero-order chi connectivity index (χ0) is 7.68. The fourth-order valence-corrected chi connectivity index (χ4v) is 1.80. The normalized spacial score (nSPS) is 22.1. The van der Waals surface area contributed by atoms with Crippen molar-refractivity contribution < 1.29 is 0 Å². The first-order chi connectivity index (χ1) is 5.38. The van der Waals surface area contributed by atoms with Gasteiger partial charge in [-0.2, -0.15) is 12.6 Å². The number of benzene rings is 1. The maximum absolute atomic E-state index is 4.50. The first-order valence-corrected chi connectivity index (χ1v) is 4.40. The van der Waals surface area contributed by atoms with Crippen molar-refractivity contribution in [2.24, 2.45) is 0 Å². The molecule has 1 heterocycles. The lowest BCUT2D eigenvalue weighted by Gasteiger charge is -2.22. The van der Waals surface area contributed by atoms with Crippen LogP contribution in [0.4, 0.5) is 5.69 Å². The van der Waals surface area contributed by atoms with Crippen LogP contribution in [0.25, 0.3) is 0 Å². The number of nitrogens with one attached hydrogen (secondary N) is 1. The van der Waals surface area contributed by atoms with Crippen molar-refractivity contribution in [1.82, 2.24) is 0 Å². The summed E-state index contributed by atoms with van der Waals surface area (Å²) in [5.41, 5.74) is 2.58. The van der Waals surface area contributed by atoms with Crippen molar-refractivity contribution in [3.8, 4) is 0 Å². The van der Waals surface area contributed by atoms with Gasteiger partial charge in [0.25, 0.3) is 0 Å². The lowest BCUT2D eigenvalue weighted by molar-refractivity contribution is 0.816. The average molecular weight is 165 g/mol. The number of hydrogen-bond donors (Lipinski definition) is 2. The van der Waals surface area contributed by atoms with Crippen LogP contribution in [0.15, 0.2) is 24.3 Å². The zero-order valence-electron chi connectivity index (χ0n) is 6.25. The van der Waals surface area contributed by atoms with E-state index in [0.29, 0.717) is 5.25 Å². The minimum absolute atomic E-state index is 0.424. The van der Waals surface area contributed by atoms with Crippen LogP contribution in [0.2, 0.25) is 0 Å². The largest absolute Gasteiger partial charge is 0.385 e. The van der Waals surface area contributed by atoms with E-state index in [2.05, 4.69) is 42.2 Å². The highest BCUT2D eigenvalue weighted by atomic mass is 32.1. The average Bonchev–Trinajstić information content (AvgIpc) is 2.06. The third-order valence-corrected chi connectivity index (χ3v) is 2.59. The van der Waals surface area contributed by atoms with Gasteiger partial charge in [0.2, 0.25) is 0 Å². The topological polar surface area (TPSA) is 12.0 Å². The molecule has 0 saturated heterocycles. The molecule has 2 heteroatoms. The van der Waals surface area contributed by atoms with E-state index in [4.69, 9.17) is 0 Å². The van der Waals surface area contributed by atoms with Crippen LogP contribution in [0.1, 0.15) is 17.2 Å². The van der Waals surface area contributed by atoms with Gasteiger partial charge < -0.3 is 5.32 Å². The van der Waals surface area contributed by atoms with Crippen LogP contribution in [0.3, 0.4) is 0 Å². The third kappa shape index (κ3) is 1.23. The first kappa shape index (κ1) is 7.04. The summed E-state index contributed by atoms with van der Waals surface area (Å²) in [7, 11) is 0. The van der Waals surface area contributed by atoms with Gasteiger partial charge in [0.1, 0.15) is 0 Å². The summed E-state index contributed by atoms with van der Waals surface area (Å²) in [6.07, 6.45) is 1.13. The van der Waals surface area contributed by atoms with Gasteiger partial charge >= 0.3 is 0 Å². The molecule has 0 bridgehead atoms. The summed E-state index contributed by atoms with van der Waals surface area (Å²) in [5.74, 6) is 0. The van der Waals surface area contributed by atoms with E-state index in [1.807, 2.05) is 0 Å². The summed E-state index contributed by atoms with van der Waals surface area (Å²) in [5, 5.41) is 3.77. The Morgan fingerprint density at radius 2 is 2.18 bits per heavy atom. The smallest absolute Gasteiger partial charge is 0.0384 e. The fourth-order valence-electron chi connectivity index (χ4n) is 1.45. The predicted octanol–water partition coefficient (Wildman–Crippen LogP) is 2.47. The zero-order valence-corrected chi connectivity index (χ0v) is 7.14. The van der Waals surface area contributed by atoms with Gasteiger partial charge in [0.15, 0.2) is 0 Å². The molecule has 1 N–H and O–H groups in total. The summed E-state index contributed by atoms with van der Waals surface area (Å²) in [4.78, 5) is 0. The molecule has 0 spiro atoms. The monoisotopic (exact) mass is 165 g/mol. The van der Waals surface area contributed by atoms with Crippen molar-refractivity contribution in [2.75, 3.05) is 11.9 Å². The molecule has 0 aromatic heterocycles. The van der Waals surface area contributed by atoms with Crippen LogP contribution in [-0.4, -0.2) is 6.54 Å². The second kappa shape index (κ2) is 2.78. The molecule has 2 rings (SSSR count). The molecule has 0 radical (unpaired) electrons.